The van der Waals surface area contributed by atoms with Crippen LogP contribution in [0.2, 0.25) is 5.02 Å². The summed E-state index contributed by atoms with van der Waals surface area (Å²) in [6.45, 7) is -0.228. The Bertz CT molecular complexity index is 848. The third-order valence-corrected chi connectivity index (χ3v) is 3.55. The molecule has 0 unspecified atom stereocenters. The third kappa shape index (κ3) is 3.40. The first-order chi connectivity index (χ1) is 11.6. The van der Waals surface area contributed by atoms with E-state index in [9.17, 15) is 9.59 Å². The van der Waals surface area contributed by atoms with Gasteiger partial charge in [0.2, 0.25) is 5.78 Å². The summed E-state index contributed by atoms with van der Waals surface area (Å²) < 4.78 is 10.9. The predicted octanol–water partition coefficient (Wildman–Crippen LogP) is 2.32. The number of halogens is 1. The van der Waals surface area contributed by atoms with Crippen LogP contribution in [0.25, 0.3) is 6.08 Å². The van der Waals surface area contributed by atoms with Crippen molar-refractivity contribution < 1.29 is 19.1 Å². The Morgan fingerprint density at radius 2 is 2.12 bits per heavy atom. The van der Waals surface area contributed by atoms with Gasteiger partial charge in [-0.1, -0.05) is 23.7 Å². The van der Waals surface area contributed by atoms with Crippen molar-refractivity contribution in [2.75, 3.05) is 6.61 Å². The number of fused-ring (bicyclic) bond motifs is 1. The van der Waals surface area contributed by atoms with E-state index in [1.54, 1.807) is 42.5 Å². The number of benzene rings is 2. The van der Waals surface area contributed by atoms with Gasteiger partial charge in [0.25, 0.3) is 5.91 Å². The van der Waals surface area contributed by atoms with Crippen molar-refractivity contribution in [3.63, 3.8) is 0 Å². The van der Waals surface area contributed by atoms with Crippen molar-refractivity contribution in [2.45, 2.75) is 0 Å². The van der Waals surface area contributed by atoms with Crippen molar-refractivity contribution in [1.29, 1.82) is 0 Å². The number of hydrazine groups is 1. The highest BCUT2D eigenvalue weighted by molar-refractivity contribution is 6.30. The minimum atomic E-state index is -0.464. The summed E-state index contributed by atoms with van der Waals surface area (Å²) >= 11 is 5.94. The molecule has 0 atom stereocenters. The maximum atomic E-state index is 12.4. The van der Waals surface area contributed by atoms with Crippen LogP contribution in [0.5, 0.6) is 11.5 Å². The minimum Gasteiger partial charge on any atom is -0.484 e. The molecular formula is C17H13ClN2O4. The minimum absolute atomic E-state index is 0.198. The van der Waals surface area contributed by atoms with Crippen molar-refractivity contribution in [2.24, 2.45) is 5.84 Å². The van der Waals surface area contributed by atoms with Gasteiger partial charge in [0.05, 0.1) is 5.56 Å². The number of hydrogen-bond donors (Lipinski definition) is 2. The van der Waals surface area contributed by atoms with Gasteiger partial charge >= 0.3 is 0 Å². The average Bonchev–Trinajstić information content (AvgIpc) is 2.88. The molecule has 24 heavy (non-hydrogen) atoms. The standard InChI is InChI=1S/C17H13ClN2O4/c18-11-3-1-2-10(6-11)7-15-17(22)13-5-4-12(8-14(13)24-15)23-9-16(21)20-19/h1-8H,9,19H2,(H,20,21). The lowest BCUT2D eigenvalue weighted by atomic mass is 10.1. The Morgan fingerprint density at radius 3 is 2.88 bits per heavy atom. The van der Waals surface area contributed by atoms with Gasteiger partial charge in [-0.25, -0.2) is 5.84 Å². The number of ether oxygens (including phenoxy) is 2. The second-order valence-corrected chi connectivity index (χ2v) is 5.45. The summed E-state index contributed by atoms with van der Waals surface area (Å²) in [6, 6.07) is 11.8. The van der Waals surface area contributed by atoms with Gasteiger partial charge in [0.1, 0.15) is 11.5 Å². The third-order valence-electron chi connectivity index (χ3n) is 3.32. The molecule has 0 radical (unpaired) electrons. The summed E-state index contributed by atoms with van der Waals surface area (Å²) in [4.78, 5) is 23.4. The number of Topliss-reactive ketones (excluding diaryl/α,β-unsaturated/α-hetero) is 1. The van der Waals surface area contributed by atoms with E-state index in [0.29, 0.717) is 22.1 Å². The lowest BCUT2D eigenvalue weighted by Gasteiger charge is -2.06. The van der Waals surface area contributed by atoms with E-state index >= 15 is 0 Å². The number of carbonyl (C=O) groups excluding carboxylic acids is 2. The number of allylic oxidation sites excluding steroid dienone is 1. The molecule has 3 N–H and O–H groups in total. The molecule has 7 heteroatoms. The predicted molar refractivity (Wildman–Crippen MR) is 88.7 cm³/mol. The summed E-state index contributed by atoms with van der Waals surface area (Å²) in [5.74, 6) is 5.26. The molecule has 1 aliphatic heterocycles. The topological polar surface area (TPSA) is 90.7 Å². The van der Waals surface area contributed by atoms with E-state index in [2.05, 4.69) is 0 Å². The fourth-order valence-corrected chi connectivity index (χ4v) is 2.39. The first-order valence-corrected chi connectivity index (χ1v) is 7.41. The Labute approximate surface area is 142 Å². The zero-order valence-electron chi connectivity index (χ0n) is 12.4. The summed E-state index contributed by atoms with van der Waals surface area (Å²) in [7, 11) is 0. The van der Waals surface area contributed by atoms with E-state index in [1.165, 1.54) is 0 Å². The number of carbonyl (C=O) groups is 2. The first kappa shape index (κ1) is 16.0. The highest BCUT2D eigenvalue weighted by Gasteiger charge is 2.27. The lowest BCUT2D eigenvalue weighted by molar-refractivity contribution is -0.123. The molecule has 1 aliphatic rings. The molecule has 122 valence electrons. The van der Waals surface area contributed by atoms with Crippen LogP contribution in [-0.2, 0) is 4.79 Å². The Morgan fingerprint density at radius 1 is 1.29 bits per heavy atom. The van der Waals surface area contributed by atoms with Crippen molar-refractivity contribution >= 4 is 29.4 Å². The van der Waals surface area contributed by atoms with Crippen LogP contribution in [0.1, 0.15) is 15.9 Å². The number of hydrogen-bond acceptors (Lipinski definition) is 5. The molecule has 2 aromatic rings. The molecule has 3 rings (SSSR count). The molecule has 0 saturated carbocycles. The van der Waals surface area contributed by atoms with Crippen molar-refractivity contribution in [3.05, 3.63) is 64.4 Å². The fourth-order valence-electron chi connectivity index (χ4n) is 2.20. The van der Waals surface area contributed by atoms with Crippen molar-refractivity contribution in [3.8, 4) is 11.5 Å². The van der Waals surface area contributed by atoms with Crippen molar-refractivity contribution in [1.82, 2.24) is 5.43 Å². The molecule has 1 heterocycles. The molecule has 0 fully saturated rings. The maximum Gasteiger partial charge on any atom is 0.271 e. The monoisotopic (exact) mass is 344 g/mol. The zero-order valence-corrected chi connectivity index (χ0v) is 13.2. The normalized spacial score (nSPS) is 14.2. The van der Waals surface area contributed by atoms with Crippen LogP contribution in [0, 0.1) is 0 Å². The summed E-state index contributed by atoms with van der Waals surface area (Å²) in [6.07, 6.45) is 1.62. The summed E-state index contributed by atoms with van der Waals surface area (Å²) in [5.41, 5.74) is 3.15. The molecular weight excluding hydrogens is 332 g/mol. The molecule has 2 aromatic carbocycles. The molecule has 6 nitrogen and oxygen atoms in total. The largest absolute Gasteiger partial charge is 0.484 e. The van der Waals surface area contributed by atoms with Gasteiger partial charge in [0.15, 0.2) is 12.4 Å². The maximum absolute atomic E-state index is 12.4. The Hall–Kier alpha value is -2.83. The fraction of sp³-hybridized carbons (Fsp3) is 0.0588. The van der Waals surface area contributed by atoms with Gasteiger partial charge in [-0.15, -0.1) is 0 Å². The Kier molecular flexibility index (Phi) is 4.50. The smallest absolute Gasteiger partial charge is 0.271 e. The number of nitrogens with one attached hydrogen (secondary N) is 1. The van der Waals surface area contributed by atoms with E-state index < -0.39 is 5.91 Å². The second kappa shape index (κ2) is 6.74. The van der Waals surface area contributed by atoms with Crippen LogP contribution in [-0.4, -0.2) is 18.3 Å². The van der Waals surface area contributed by atoms with Gasteiger partial charge < -0.3 is 9.47 Å². The van der Waals surface area contributed by atoms with Crippen LogP contribution < -0.4 is 20.7 Å². The van der Waals surface area contributed by atoms with E-state index in [-0.39, 0.29) is 18.1 Å². The van der Waals surface area contributed by atoms with Gasteiger partial charge in [-0.2, -0.15) is 0 Å². The molecule has 0 bridgehead atoms. The number of ketones is 1. The Balaban J connectivity index is 1.81. The summed E-state index contributed by atoms with van der Waals surface area (Å²) in [5, 5.41) is 0.571. The number of rotatable bonds is 4. The van der Waals surface area contributed by atoms with Crippen LogP contribution in [0.15, 0.2) is 48.2 Å². The van der Waals surface area contributed by atoms with Crippen LogP contribution >= 0.6 is 11.6 Å². The van der Waals surface area contributed by atoms with E-state index in [4.69, 9.17) is 26.9 Å². The SMILES string of the molecule is NNC(=O)COc1ccc2c(c1)OC(=Cc1cccc(Cl)c1)C2=O. The highest BCUT2D eigenvalue weighted by atomic mass is 35.5. The molecule has 0 aromatic heterocycles. The van der Waals surface area contributed by atoms with Gasteiger partial charge in [-0.3, -0.25) is 15.0 Å². The molecule has 0 aliphatic carbocycles. The van der Waals surface area contributed by atoms with Crippen LogP contribution in [0.4, 0.5) is 0 Å². The van der Waals surface area contributed by atoms with E-state index in [1.807, 2.05) is 11.5 Å². The number of amides is 1. The highest BCUT2D eigenvalue weighted by Crippen LogP contribution is 2.35. The van der Waals surface area contributed by atoms with E-state index in [0.717, 1.165) is 5.56 Å². The van der Waals surface area contributed by atoms with Gasteiger partial charge in [-0.05, 0) is 35.9 Å². The first-order valence-electron chi connectivity index (χ1n) is 7.03. The quantitative estimate of drug-likeness (QED) is 0.384. The molecule has 0 spiro atoms. The molecule has 0 saturated heterocycles. The zero-order chi connectivity index (χ0) is 17.1. The molecule has 1 amide bonds. The van der Waals surface area contributed by atoms with Crippen LogP contribution in [0.3, 0.4) is 0 Å². The lowest BCUT2D eigenvalue weighted by Crippen LogP contribution is -2.34. The van der Waals surface area contributed by atoms with Gasteiger partial charge in [0, 0.05) is 11.1 Å². The second-order valence-electron chi connectivity index (χ2n) is 5.01. The average molecular weight is 345 g/mol. The number of nitrogens with two attached hydrogens (primary N) is 1.